The molecule has 3 rings (SSSR count). The van der Waals surface area contributed by atoms with Crippen LogP contribution >= 0.6 is 0 Å². The van der Waals surface area contributed by atoms with Crippen LogP contribution in [0.3, 0.4) is 0 Å². The summed E-state index contributed by atoms with van der Waals surface area (Å²) in [6.07, 6.45) is 1.89. The number of nitrogens with one attached hydrogen (secondary N) is 1. The van der Waals surface area contributed by atoms with Crippen LogP contribution in [0.4, 0.5) is 0 Å². The molecule has 2 aromatic heterocycles. The number of fused-ring (bicyclic) bond motifs is 1. The van der Waals surface area contributed by atoms with Crippen LogP contribution in [0.15, 0.2) is 42.6 Å². The minimum absolute atomic E-state index is 0.0994. The minimum atomic E-state index is -0.231. The van der Waals surface area contributed by atoms with Gasteiger partial charge in [0.05, 0.1) is 6.04 Å². The van der Waals surface area contributed by atoms with E-state index >= 15 is 0 Å². The molecule has 5 nitrogen and oxygen atoms in total. The third-order valence-electron chi connectivity index (χ3n) is 3.70. The van der Waals surface area contributed by atoms with Crippen LogP contribution in [-0.2, 0) is 0 Å². The van der Waals surface area contributed by atoms with Crippen LogP contribution in [0.1, 0.15) is 40.3 Å². The van der Waals surface area contributed by atoms with Gasteiger partial charge in [-0.1, -0.05) is 23.8 Å². The van der Waals surface area contributed by atoms with E-state index < -0.39 is 0 Å². The summed E-state index contributed by atoms with van der Waals surface area (Å²) in [6, 6.07) is 11.3. The van der Waals surface area contributed by atoms with E-state index in [9.17, 15) is 4.79 Å². The summed E-state index contributed by atoms with van der Waals surface area (Å²) in [5.74, 6) is 0.617. The Morgan fingerprint density at radius 1 is 1.18 bits per heavy atom. The number of aryl methyl sites for hydroxylation is 2. The van der Waals surface area contributed by atoms with Gasteiger partial charge in [0.15, 0.2) is 11.5 Å². The lowest BCUT2D eigenvalue weighted by Gasteiger charge is -2.14. The number of amides is 1. The summed E-state index contributed by atoms with van der Waals surface area (Å²) in [4.78, 5) is 12.4. The van der Waals surface area contributed by atoms with Gasteiger partial charge >= 0.3 is 0 Å². The number of benzene rings is 1. The lowest BCUT2D eigenvalue weighted by molar-refractivity contribution is 0.0937. The van der Waals surface area contributed by atoms with Crippen molar-refractivity contribution in [2.75, 3.05) is 0 Å². The molecule has 3 aromatic rings. The van der Waals surface area contributed by atoms with Crippen molar-refractivity contribution in [3.8, 4) is 0 Å². The molecular formula is C17H18N4O. The molecule has 0 radical (unpaired) electrons. The highest BCUT2D eigenvalue weighted by atomic mass is 16.1. The zero-order valence-corrected chi connectivity index (χ0v) is 12.9. The molecule has 1 atom stereocenters. The summed E-state index contributed by atoms with van der Waals surface area (Å²) in [6.45, 7) is 5.86. The van der Waals surface area contributed by atoms with Gasteiger partial charge in [0.25, 0.3) is 5.91 Å². The molecule has 0 unspecified atom stereocenters. The van der Waals surface area contributed by atoms with Gasteiger partial charge in [-0.25, -0.2) is 0 Å². The highest BCUT2D eigenvalue weighted by molar-refractivity contribution is 5.95. The van der Waals surface area contributed by atoms with Crippen molar-refractivity contribution in [2.45, 2.75) is 26.8 Å². The van der Waals surface area contributed by atoms with Crippen LogP contribution in [0.25, 0.3) is 5.65 Å². The normalized spacial score (nSPS) is 12.3. The SMILES string of the molecule is Cc1ccc(C(=O)N[C@H](C)c2nnc3ccccn23)c(C)c1. The van der Waals surface area contributed by atoms with Gasteiger partial charge in [0.2, 0.25) is 0 Å². The maximum absolute atomic E-state index is 12.4. The zero-order chi connectivity index (χ0) is 15.7. The zero-order valence-electron chi connectivity index (χ0n) is 12.9. The number of hydrogen-bond acceptors (Lipinski definition) is 3. The number of carbonyl (C=O) groups excluding carboxylic acids is 1. The van der Waals surface area contributed by atoms with Crippen LogP contribution in [-0.4, -0.2) is 20.5 Å². The van der Waals surface area contributed by atoms with Crippen LogP contribution in [0, 0.1) is 13.8 Å². The van der Waals surface area contributed by atoms with Gasteiger partial charge in [-0.3, -0.25) is 9.20 Å². The topological polar surface area (TPSA) is 59.3 Å². The Labute approximate surface area is 129 Å². The van der Waals surface area contributed by atoms with E-state index in [1.54, 1.807) is 0 Å². The minimum Gasteiger partial charge on any atom is -0.342 e. The lowest BCUT2D eigenvalue weighted by Crippen LogP contribution is -2.28. The molecule has 5 heteroatoms. The van der Waals surface area contributed by atoms with Crippen molar-refractivity contribution in [1.82, 2.24) is 19.9 Å². The van der Waals surface area contributed by atoms with Crippen molar-refractivity contribution >= 4 is 11.6 Å². The van der Waals surface area contributed by atoms with Gasteiger partial charge in [-0.05, 0) is 44.5 Å². The van der Waals surface area contributed by atoms with Gasteiger partial charge < -0.3 is 5.32 Å². The molecule has 0 aliphatic rings. The predicted octanol–water partition coefficient (Wildman–Crippen LogP) is 2.84. The number of carbonyl (C=O) groups is 1. The Morgan fingerprint density at radius 3 is 2.77 bits per heavy atom. The lowest BCUT2D eigenvalue weighted by atomic mass is 10.0. The first-order valence-corrected chi connectivity index (χ1v) is 7.24. The molecule has 1 N–H and O–H groups in total. The number of aromatic nitrogens is 3. The molecule has 1 amide bonds. The Hall–Kier alpha value is -2.69. The summed E-state index contributed by atoms with van der Waals surface area (Å²) in [5, 5.41) is 11.3. The monoisotopic (exact) mass is 294 g/mol. The molecule has 0 saturated carbocycles. The van der Waals surface area contributed by atoms with Crippen molar-refractivity contribution < 1.29 is 4.79 Å². The van der Waals surface area contributed by atoms with E-state index in [0.717, 1.165) is 16.8 Å². The number of rotatable bonds is 3. The fourth-order valence-corrected chi connectivity index (χ4v) is 2.56. The number of hydrogen-bond donors (Lipinski definition) is 1. The maximum atomic E-state index is 12.4. The standard InChI is InChI=1S/C17H18N4O/c1-11-7-8-14(12(2)10-11)17(22)18-13(3)16-20-19-15-6-4-5-9-21(15)16/h4-10,13H,1-3H3,(H,18,22)/t13-/m1/s1. The smallest absolute Gasteiger partial charge is 0.252 e. The Kier molecular flexibility index (Phi) is 3.63. The summed E-state index contributed by atoms with van der Waals surface area (Å²) >= 11 is 0. The fourth-order valence-electron chi connectivity index (χ4n) is 2.56. The Bertz CT molecular complexity index is 838. The number of pyridine rings is 1. The Morgan fingerprint density at radius 2 is 2.00 bits per heavy atom. The van der Waals surface area contributed by atoms with Gasteiger partial charge in [0, 0.05) is 11.8 Å². The molecule has 0 aliphatic heterocycles. The first-order chi connectivity index (χ1) is 10.6. The van der Waals surface area contributed by atoms with Crippen LogP contribution < -0.4 is 5.32 Å². The van der Waals surface area contributed by atoms with Gasteiger partial charge in [-0.2, -0.15) is 0 Å². The van der Waals surface area contributed by atoms with E-state index in [-0.39, 0.29) is 11.9 Å². The second kappa shape index (κ2) is 5.60. The van der Waals surface area contributed by atoms with Crippen LogP contribution in [0.5, 0.6) is 0 Å². The predicted molar refractivity (Wildman–Crippen MR) is 84.8 cm³/mol. The maximum Gasteiger partial charge on any atom is 0.252 e. The second-order valence-electron chi connectivity index (χ2n) is 5.50. The van der Waals surface area contributed by atoms with E-state index in [0.29, 0.717) is 11.4 Å². The van der Waals surface area contributed by atoms with Crippen molar-refractivity contribution in [1.29, 1.82) is 0 Å². The molecule has 0 aliphatic carbocycles. The average Bonchev–Trinajstić information content (AvgIpc) is 2.91. The Balaban J connectivity index is 1.84. The molecule has 22 heavy (non-hydrogen) atoms. The van der Waals surface area contributed by atoms with Crippen molar-refractivity contribution in [2.24, 2.45) is 0 Å². The molecule has 0 fully saturated rings. The molecule has 2 heterocycles. The van der Waals surface area contributed by atoms with Crippen molar-refractivity contribution in [3.05, 3.63) is 65.1 Å². The van der Waals surface area contributed by atoms with E-state index in [1.165, 1.54) is 0 Å². The highest BCUT2D eigenvalue weighted by Gasteiger charge is 2.17. The fraction of sp³-hybridized carbons (Fsp3) is 0.235. The van der Waals surface area contributed by atoms with Gasteiger partial charge in [-0.15, -0.1) is 10.2 Å². The second-order valence-corrected chi connectivity index (χ2v) is 5.50. The summed E-state index contributed by atoms with van der Waals surface area (Å²) in [7, 11) is 0. The van der Waals surface area contributed by atoms with E-state index in [2.05, 4.69) is 15.5 Å². The van der Waals surface area contributed by atoms with E-state index in [4.69, 9.17) is 0 Å². The molecule has 0 spiro atoms. The molecule has 1 aromatic carbocycles. The van der Waals surface area contributed by atoms with E-state index in [1.807, 2.05) is 67.8 Å². The summed E-state index contributed by atoms with van der Waals surface area (Å²) < 4.78 is 1.88. The van der Waals surface area contributed by atoms with Crippen LogP contribution in [0.2, 0.25) is 0 Å². The first kappa shape index (κ1) is 14.3. The average molecular weight is 294 g/mol. The third kappa shape index (κ3) is 2.57. The quantitative estimate of drug-likeness (QED) is 0.808. The molecular weight excluding hydrogens is 276 g/mol. The highest BCUT2D eigenvalue weighted by Crippen LogP contribution is 2.15. The van der Waals surface area contributed by atoms with Gasteiger partial charge in [0.1, 0.15) is 0 Å². The molecule has 0 saturated heterocycles. The van der Waals surface area contributed by atoms with Crippen molar-refractivity contribution in [3.63, 3.8) is 0 Å². The molecule has 112 valence electrons. The largest absolute Gasteiger partial charge is 0.342 e. The first-order valence-electron chi connectivity index (χ1n) is 7.24. The third-order valence-corrected chi connectivity index (χ3v) is 3.70. The molecule has 0 bridgehead atoms. The summed E-state index contributed by atoms with van der Waals surface area (Å²) in [5.41, 5.74) is 3.57. The number of nitrogens with zero attached hydrogens (tertiary/aromatic N) is 3.